The molecule has 11 heteroatoms. The summed E-state index contributed by atoms with van der Waals surface area (Å²) in [4.78, 5) is 28.8. The van der Waals surface area contributed by atoms with Gasteiger partial charge in [-0.2, -0.15) is 0 Å². The minimum absolute atomic E-state index is 0.00434. The van der Waals surface area contributed by atoms with E-state index in [1.54, 1.807) is 11.3 Å². The third kappa shape index (κ3) is 5.89. The van der Waals surface area contributed by atoms with Crippen LogP contribution in [-0.4, -0.2) is 68.2 Å². The Bertz CT molecular complexity index is 1690. The second-order valence-corrected chi connectivity index (χ2v) is 14.4. The molecule has 3 fully saturated rings. The highest BCUT2D eigenvalue weighted by molar-refractivity contribution is 7.13. The molecule has 3 aromatic heterocycles. The van der Waals surface area contributed by atoms with Gasteiger partial charge in [0.05, 0.1) is 29.8 Å². The Hall–Kier alpha value is -3.54. The fourth-order valence-corrected chi connectivity index (χ4v) is 8.72. The maximum Gasteiger partial charge on any atom is 0.409 e. The molecular formula is C35H44N6O4S. The molecule has 2 unspecified atom stereocenters. The van der Waals surface area contributed by atoms with Crippen LogP contribution in [0.2, 0.25) is 0 Å². The average molecular weight is 645 g/mol. The van der Waals surface area contributed by atoms with Gasteiger partial charge in [0, 0.05) is 36.7 Å². The van der Waals surface area contributed by atoms with E-state index in [0.717, 1.165) is 59.4 Å². The summed E-state index contributed by atoms with van der Waals surface area (Å²) in [7, 11) is 0. The number of hydrogen-bond donors (Lipinski definition) is 1. The Kier molecular flexibility index (Phi) is 8.50. The first-order chi connectivity index (χ1) is 22.2. The summed E-state index contributed by atoms with van der Waals surface area (Å²) in [6, 6.07) is 10.4. The van der Waals surface area contributed by atoms with Gasteiger partial charge in [0.15, 0.2) is 5.79 Å². The number of nitrogens with two attached hydrogens (primary N) is 1. The van der Waals surface area contributed by atoms with Crippen molar-refractivity contribution in [3.63, 3.8) is 0 Å². The largest absolute Gasteiger partial charge is 0.449 e. The van der Waals surface area contributed by atoms with Gasteiger partial charge in [-0.25, -0.2) is 19.7 Å². The number of ether oxygens (including phenoxy) is 3. The molecule has 2 aliphatic heterocycles. The standard InChI is InChI=1S/C35H44N6O4S/c1-5-6-14-43-34(42)40-13-12-24(21(2)17-40)25-16-27(30-29(25)44-35(3,4)45-30)41-18-26(28-31(36)37-20-38-32(28)41)33-39-23(19-46-33)15-22-10-8-7-9-11-22/h7-11,18-21,24-25,27,29-30H,5-6,12-17H2,1-4H3,(H2,36,37,38)/t21?,24?,25-,27-,29-,30+/m1/s1. The van der Waals surface area contributed by atoms with E-state index in [0.29, 0.717) is 37.4 Å². The zero-order valence-corrected chi connectivity index (χ0v) is 27.9. The second kappa shape index (κ2) is 12.6. The van der Waals surface area contributed by atoms with E-state index in [1.165, 1.54) is 11.9 Å². The summed E-state index contributed by atoms with van der Waals surface area (Å²) in [6.07, 6.45) is 7.74. The number of rotatable bonds is 8. The molecule has 7 rings (SSSR count). The molecule has 5 heterocycles. The fraction of sp³-hybridized carbons (Fsp3) is 0.543. The van der Waals surface area contributed by atoms with Gasteiger partial charge in [0.1, 0.15) is 28.9 Å². The van der Waals surface area contributed by atoms with Gasteiger partial charge < -0.3 is 29.4 Å². The van der Waals surface area contributed by atoms with E-state index in [1.807, 2.05) is 24.8 Å². The van der Waals surface area contributed by atoms with Crippen LogP contribution in [0.15, 0.2) is 48.2 Å². The van der Waals surface area contributed by atoms with Crippen molar-refractivity contribution in [2.75, 3.05) is 25.4 Å². The highest BCUT2D eigenvalue weighted by Gasteiger charge is 2.57. The number of unbranched alkanes of at least 4 members (excludes halogenated alkanes) is 1. The first-order valence-electron chi connectivity index (χ1n) is 16.6. The van der Waals surface area contributed by atoms with E-state index in [4.69, 9.17) is 29.9 Å². The minimum atomic E-state index is -0.694. The molecule has 0 radical (unpaired) electrons. The Balaban J connectivity index is 1.18. The number of piperidine rings is 1. The maximum absolute atomic E-state index is 12.7. The van der Waals surface area contributed by atoms with Gasteiger partial charge >= 0.3 is 6.09 Å². The summed E-state index contributed by atoms with van der Waals surface area (Å²) in [6.45, 7) is 10.2. The van der Waals surface area contributed by atoms with Crippen LogP contribution in [0.1, 0.15) is 70.7 Å². The molecule has 1 saturated carbocycles. The van der Waals surface area contributed by atoms with Gasteiger partial charge in [-0.05, 0) is 56.4 Å². The summed E-state index contributed by atoms with van der Waals surface area (Å²) in [5.74, 6) is 0.705. The van der Waals surface area contributed by atoms with Crippen molar-refractivity contribution < 1.29 is 19.0 Å². The van der Waals surface area contributed by atoms with Crippen LogP contribution in [-0.2, 0) is 20.6 Å². The first kappa shape index (κ1) is 31.1. The lowest BCUT2D eigenvalue weighted by Gasteiger charge is -2.40. The molecule has 0 bridgehead atoms. The SMILES string of the molecule is CCCCOC(=O)N1CCC([C@H]2C[C@@H](n3cc(-c4nc(Cc5ccccc5)cs4)c4c(N)ncnc43)[C@@H]3OC(C)(C)O[C@@H]32)C(C)C1. The number of likely N-dealkylation sites (tertiary alicyclic amines) is 1. The third-order valence-corrected chi connectivity index (χ3v) is 10.9. The summed E-state index contributed by atoms with van der Waals surface area (Å²) in [5, 5.41) is 3.85. The van der Waals surface area contributed by atoms with Crippen molar-refractivity contribution in [1.82, 2.24) is 24.4 Å². The van der Waals surface area contributed by atoms with Crippen LogP contribution in [0.4, 0.5) is 10.6 Å². The molecule has 2 N–H and O–H groups in total. The van der Waals surface area contributed by atoms with Gasteiger partial charge in [0.2, 0.25) is 0 Å². The van der Waals surface area contributed by atoms with Crippen molar-refractivity contribution in [1.29, 1.82) is 0 Å². The van der Waals surface area contributed by atoms with E-state index in [2.05, 4.69) is 59.2 Å². The van der Waals surface area contributed by atoms with Crippen LogP contribution in [0.3, 0.4) is 0 Å². The van der Waals surface area contributed by atoms with Crippen molar-refractivity contribution in [2.45, 2.75) is 83.8 Å². The predicted molar refractivity (Wildman–Crippen MR) is 178 cm³/mol. The molecule has 4 aromatic rings. The number of fused-ring (bicyclic) bond motifs is 2. The quantitative estimate of drug-likeness (QED) is 0.211. The zero-order valence-electron chi connectivity index (χ0n) is 27.1. The topological polar surface area (TPSA) is 118 Å². The monoisotopic (exact) mass is 644 g/mol. The zero-order chi connectivity index (χ0) is 32.0. The molecule has 6 atom stereocenters. The molecule has 46 heavy (non-hydrogen) atoms. The lowest BCUT2D eigenvalue weighted by molar-refractivity contribution is -0.164. The summed E-state index contributed by atoms with van der Waals surface area (Å²) < 4.78 is 21.1. The summed E-state index contributed by atoms with van der Waals surface area (Å²) in [5.41, 5.74) is 10.5. The van der Waals surface area contributed by atoms with Crippen molar-refractivity contribution in [2.24, 2.45) is 17.8 Å². The van der Waals surface area contributed by atoms with Crippen molar-refractivity contribution in [3.8, 4) is 10.6 Å². The van der Waals surface area contributed by atoms with Crippen LogP contribution in [0.25, 0.3) is 21.6 Å². The van der Waals surface area contributed by atoms with E-state index in [9.17, 15) is 4.79 Å². The van der Waals surface area contributed by atoms with E-state index >= 15 is 0 Å². The van der Waals surface area contributed by atoms with Crippen LogP contribution in [0.5, 0.6) is 0 Å². The Morgan fingerprint density at radius 2 is 1.96 bits per heavy atom. The second-order valence-electron chi connectivity index (χ2n) is 13.6. The molecular weight excluding hydrogens is 600 g/mol. The van der Waals surface area contributed by atoms with Crippen LogP contribution < -0.4 is 5.73 Å². The molecule has 1 aromatic carbocycles. The normalized spacial score (nSPS) is 27.3. The first-order valence-corrected chi connectivity index (χ1v) is 17.5. The Labute approximate surface area is 274 Å². The summed E-state index contributed by atoms with van der Waals surface area (Å²) >= 11 is 1.62. The number of hydrogen-bond acceptors (Lipinski definition) is 9. The average Bonchev–Trinajstić information content (AvgIpc) is 3.80. The molecule has 0 spiro atoms. The van der Waals surface area contributed by atoms with E-state index < -0.39 is 5.79 Å². The van der Waals surface area contributed by atoms with Crippen LogP contribution >= 0.6 is 11.3 Å². The van der Waals surface area contributed by atoms with Crippen molar-refractivity contribution >= 4 is 34.3 Å². The Morgan fingerprint density at radius 3 is 2.74 bits per heavy atom. The number of carbonyl (C=O) groups is 1. The number of nitrogens with zero attached hydrogens (tertiary/aromatic N) is 5. The fourth-order valence-electron chi connectivity index (χ4n) is 7.88. The molecule has 1 amide bonds. The molecule has 2 saturated heterocycles. The number of carbonyl (C=O) groups excluding carboxylic acids is 1. The van der Waals surface area contributed by atoms with Gasteiger partial charge in [-0.3, -0.25) is 0 Å². The molecule has 10 nitrogen and oxygen atoms in total. The lowest BCUT2D eigenvalue weighted by Crippen LogP contribution is -2.46. The van der Waals surface area contributed by atoms with E-state index in [-0.39, 0.29) is 30.3 Å². The lowest BCUT2D eigenvalue weighted by atomic mass is 9.75. The number of nitrogen functional groups attached to an aromatic ring is 1. The van der Waals surface area contributed by atoms with Gasteiger partial charge in [-0.1, -0.05) is 50.6 Å². The predicted octanol–water partition coefficient (Wildman–Crippen LogP) is 6.70. The minimum Gasteiger partial charge on any atom is -0.449 e. The van der Waals surface area contributed by atoms with Gasteiger partial charge in [0.25, 0.3) is 0 Å². The number of anilines is 1. The number of benzene rings is 1. The van der Waals surface area contributed by atoms with Crippen molar-refractivity contribution in [3.05, 3.63) is 59.5 Å². The maximum atomic E-state index is 12.7. The number of thiazole rings is 1. The number of aromatic nitrogens is 4. The molecule has 3 aliphatic rings. The molecule has 1 aliphatic carbocycles. The number of amides is 1. The van der Waals surface area contributed by atoms with Crippen LogP contribution in [0, 0.1) is 17.8 Å². The molecule has 244 valence electrons. The highest BCUT2D eigenvalue weighted by Crippen LogP contribution is 2.53. The smallest absolute Gasteiger partial charge is 0.409 e. The van der Waals surface area contributed by atoms with Gasteiger partial charge in [-0.15, -0.1) is 11.3 Å². The Morgan fingerprint density at radius 1 is 1.15 bits per heavy atom. The third-order valence-electron chi connectivity index (χ3n) is 9.99. The highest BCUT2D eigenvalue weighted by atomic mass is 32.1.